The topological polar surface area (TPSA) is 74.2 Å². The lowest BCUT2D eigenvalue weighted by atomic mass is 10.0. The van der Waals surface area contributed by atoms with E-state index in [0.29, 0.717) is 16.9 Å². The Hall–Kier alpha value is -2.89. The van der Waals surface area contributed by atoms with Crippen molar-refractivity contribution in [3.05, 3.63) is 48.5 Å². The summed E-state index contributed by atoms with van der Waals surface area (Å²) in [6, 6.07) is 8.58. The molecule has 2 aromatic heterocycles. The maximum atomic E-state index is 13.3. The Bertz CT molecular complexity index is 769. The van der Waals surface area contributed by atoms with Crippen LogP contribution in [0.3, 0.4) is 0 Å². The van der Waals surface area contributed by atoms with Gasteiger partial charge < -0.3 is 15.0 Å². The molecule has 3 aromatic rings. The van der Waals surface area contributed by atoms with Crippen LogP contribution in [0.5, 0.6) is 5.75 Å². The highest BCUT2D eigenvalue weighted by molar-refractivity contribution is 5.86. The molecule has 0 radical (unpaired) electrons. The number of anilines is 1. The lowest BCUT2D eigenvalue weighted by molar-refractivity contribution is 0.415. The van der Waals surface area contributed by atoms with Crippen molar-refractivity contribution >= 4 is 5.82 Å². The van der Waals surface area contributed by atoms with Crippen molar-refractivity contribution in [3.8, 4) is 28.2 Å². The van der Waals surface area contributed by atoms with Crippen LogP contribution in [0.4, 0.5) is 10.2 Å². The van der Waals surface area contributed by atoms with Crippen LogP contribution in [0.25, 0.3) is 22.5 Å². The average Bonchev–Trinajstić information content (AvgIpc) is 2.89. The van der Waals surface area contributed by atoms with E-state index in [1.807, 2.05) is 12.1 Å². The molecule has 0 fully saturated rings. The van der Waals surface area contributed by atoms with Crippen molar-refractivity contribution in [1.82, 2.24) is 10.1 Å². The third-order valence-corrected chi connectivity index (χ3v) is 3.06. The van der Waals surface area contributed by atoms with Gasteiger partial charge in [0.1, 0.15) is 11.6 Å². The molecule has 0 aliphatic rings. The summed E-state index contributed by atoms with van der Waals surface area (Å²) in [5.74, 6) is 0.884. The number of nitrogens with two attached hydrogens (primary N) is 1. The Labute approximate surface area is 120 Å². The zero-order valence-corrected chi connectivity index (χ0v) is 11.2. The molecule has 0 aliphatic heterocycles. The summed E-state index contributed by atoms with van der Waals surface area (Å²) >= 11 is 0. The number of halogens is 1. The third-order valence-electron chi connectivity index (χ3n) is 3.06. The van der Waals surface area contributed by atoms with Gasteiger partial charge in [-0.1, -0.05) is 17.3 Å². The first kappa shape index (κ1) is 13.1. The SMILES string of the molecule is COc1ccc(-c2c(N)noc2-c2cncc(F)c2)cc1. The number of nitrogens with zero attached hydrogens (tertiary/aromatic N) is 2. The number of ether oxygens (including phenoxy) is 1. The van der Waals surface area contributed by atoms with E-state index >= 15 is 0 Å². The summed E-state index contributed by atoms with van der Waals surface area (Å²) in [7, 11) is 1.59. The average molecular weight is 285 g/mol. The molecule has 5 nitrogen and oxygen atoms in total. The van der Waals surface area contributed by atoms with Crippen LogP contribution in [0.15, 0.2) is 47.2 Å². The van der Waals surface area contributed by atoms with Gasteiger partial charge in [-0.25, -0.2) is 4.39 Å². The number of benzene rings is 1. The highest BCUT2D eigenvalue weighted by Gasteiger charge is 2.18. The van der Waals surface area contributed by atoms with Crippen LogP contribution < -0.4 is 10.5 Å². The van der Waals surface area contributed by atoms with Gasteiger partial charge in [0.15, 0.2) is 11.6 Å². The van der Waals surface area contributed by atoms with Gasteiger partial charge in [-0.05, 0) is 23.8 Å². The van der Waals surface area contributed by atoms with E-state index in [2.05, 4.69) is 10.1 Å². The highest BCUT2D eigenvalue weighted by atomic mass is 19.1. The predicted molar refractivity (Wildman–Crippen MR) is 76.1 cm³/mol. The molecular formula is C15H12FN3O2. The molecule has 0 saturated heterocycles. The van der Waals surface area contributed by atoms with Gasteiger partial charge in [-0.3, -0.25) is 4.98 Å². The molecule has 0 spiro atoms. The van der Waals surface area contributed by atoms with Crippen LogP contribution in [0.2, 0.25) is 0 Å². The van der Waals surface area contributed by atoms with Crippen molar-refractivity contribution in [2.75, 3.05) is 12.8 Å². The summed E-state index contributed by atoms with van der Waals surface area (Å²) in [6.45, 7) is 0. The van der Waals surface area contributed by atoms with Gasteiger partial charge in [0.05, 0.1) is 18.9 Å². The maximum Gasteiger partial charge on any atom is 0.178 e. The van der Waals surface area contributed by atoms with E-state index in [0.717, 1.165) is 17.5 Å². The number of nitrogen functional groups attached to an aromatic ring is 1. The summed E-state index contributed by atoms with van der Waals surface area (Å²) in [5.41, 5.74) is 7.75. The lowest BCUT2D eigenvalue weighted by Crippen LogP contribution is -1.90. The second-order valence-corrected chi connectivity index (χ2v) is 4.39. The van der Waals surface area contributed by atoms with E-state index in [-0.39, 0.29) is 5.82 Å². The minimum Gasteiger partial charge on any atom is -0.497 e. The van der Waals surface area contributed by atoms with E-state index < -0.39 is 5.82 Å². The molecule has 106 valence electrons. The first-order valence-corrected chi connectivity index (χ1v) is 6.19. The molecule has 0 aliphatic carbocycles. The molecule has 21 heavy (non-hydrogen) atoms. The number of methoxy groups -OCH3 is 1. The highest BCUT2D eigenvalue weighted by Crippen LogP contribution is 2.36. The van der Waals surface area contributed by atoms with E-state index in [9.17, 15) is 4.39 Å². The van der Waals surface area contributed by atoms with Crippen LogP contribution >= 0.6 is 0 Å². The van der Waals surface area contributed by atoms with Crippen molar-refractivity contribution < 1.29 is 13.7 Å². The predicted octanol–water partition coefficient (Wildman–Crippen LogP) is 3.13. The van der Waals surface area contributed by atoms with Gasteiger partial charge in [-0.2, -0.15) is 0 Å². The molecule has 2 heterocycles. The Morgan fingerprint density at radius 2 is 1.90 bits per heavy atom. The van der Waals surface area contributed by atoms with Crippen molar-refractivity contribution in [2.45, 2.75) is 0 Å². The fourth-order valence-corrected chi connectivity index (χ4v) is 2.07. The summed E-state index contributed by atoms with van der Waals surface area (Å²) < 4.78 is 23.7. The van der Waals surface area contributed by atoms with E-state index in [1.165, 1.54) is 12.3 Å². The van der Waals surface area contributed by atoms with Gasteiger partial charge >= 0.3 is 0 Å². The molecule has 0 unspecified atom stereocenters. The number of hydrogen-bond donors (Lipinski definition) is 1. The maximum absolute atomic E-state index is 13.3. The largest absolute Gasteiger partial charge is 0.497 e. The Morgan fingerprint density at radius 3 is 2.57 bits per heavy atom. The second kappa shape index (κ2) is 5.24. The molecule has 2 N–H and O–H groups in total. The number of aromatic nitrogens is 2. The minimum atomic E-state index is -0.455. The monoisotopic (exact) mass is 285 g/mol. The van der Waals surface area contributed by atoms with Crippen LogP contribution in [-0.4, -0.2) is 17.3 Å². The van der Waals surface area contributed by atoms with Crippen LogP contribution in [-0.2, 0) is 0 Å². The molecule has 6 heteroatoms. The lowest BCUT2D eigenvalue weighted by Gasteiger charge is -2.04. The third kappa shape index (κ3) is 2.43. The number of pyridine rings is 1. The summed E-state index contributed by atoms with van der Waals surface area (Å²) in [5, 5.41) is 3.76. The summed E-state index contributed by atoms with van der Waals surface area (Å²) in [6.07, 6.45) is 2.62. The van der Waals surface area contributed by atoms with Crippen LogP contribution in [0, 0.1) is 5.82 Å². The van der Waals surface area contributed by atoms with Gasteiger partial charge in [0.2, 0.25) is 0 Å². The molecule has 0 saturated carbocycles. The quantitative estimate of drug-likeness (QED) is 0.800. The smallest absolute Gasteiger partial charge is 0.178 e. The molecule has 3 rings (SSSR count). The molecular weight excluding hydrogens is 273 g/mol. The normalized spacial score (nSPS) is 10.6. The number of rotatable bonds is 3. The van der Waals surface area contributed by atoms with Crippen LogP contribution in [0.1, 0.15) is 0 Å². The fraction of sp³-hybridized carbons (Fsp3) is 0.0667. The van der Waals surface area contributed by atoms with Crippen molar-refractivity contribution in [3.63, 3.8) is 0 Å². The van der Waals surface area contributed by atoms with Gasteiger partial charge in [0, 0.05) is 11.8 Å². The van der Waals surface area contributed by atoms with E-state index in [4.69, 9.17) is 15.0 Å². The standard InChI is InChI=1S/C15H12FN3O2/c1-20-12-4-2-9(3-5-12)13-14(21-19-15(13)17)10-6-11(16)8-18-7-10/h2-8H,1H3,(H2,17,19). The number of hydrogen-bond acceptors (Lipinski definition) is 5. The summed E-state index contributed by atoms with van der Waals surface area (Å²) in [4.78, 5) is 3.81. The molecule has 0 amide bonds. The Morgan fingerprint density at radius 1 is 1.14 bits per heavy atom. The Balaban J connectivity index is 2.12. The first-order chi connectivity index (χ1) is 10.2. The fourth-order valence-electron chi connectivity index (χ4n) is 2.07. The van der Waals surface area contributed by atoms with Crippen molar-refractivity contribution in [1.29, 1.82) is 0 Å². The minimum absolute atomic E-state index is 0.236. The van der Waals surface area contributed by atoms with E-state index in [1.54, 1.807) is 19.2 Å². The molecule has 0 bridgehead atoms. The zero-order valence-electron chi connectivity index (χ0n) is 11.2. The molecule has 0 atom stereocenters. The van der Waals surface area contributed by atoms with Gasteiger partial charge in [0.25, 0.3) is 0 Å². The molecule has 1 aromatic carbocycles. The Kier molecular flexibility index (Phi) is 3.27. The first-order valence-electron chi connectivity index (χ1n) is 6.19. The zero-order chi connectivity index (χ0) is 14.8. The van der Waals surface area contributed by atoms with Crippen molar-refractivity contribution in [2.24, 2.45) is 0 Å². The van der Waals surface area contributed by atoms with Gasteiger partial charge in [-0.15, -0.1) is 0 Å². The second-order valence-electron chi connectivity index (χ2n) is 4.39.